The Hall–Kier alpha value is -1.83. The topological polar surface area (TPSA) is 90.8 Å². The summed E-state index contributed by atoms with van der Waals surface area (Å²) in [5.41, 5.74) is 6.28. The van der Waals surface area contributed by atoms with Crippen LogP contribution in [-0.2, 0) is 13.6 Å². The first kappa shape index (κ1) is 12.6. The second-order valence-corrected chi connectivity index (χ2v) is 4.70. The van der Waals surface area contributed by atoms with Gasteiger partial charge in [0.05, 0.1) is 22.9 Å². The Morgan fingerprint density at radius 2 is 2.33 bits per heavy atom. The number of carbonyl (C=O) groups is 1. The number of aromatic nitrogens is 4. The van der Waals surface area contributed by atoms with Crippen LogP contribution in [0, 0.1) is 0 Å². The minimum Gasteiger partial charge on any atom is -0.396 e. The molecule has 2 rings (SSSR count). The predicted molar refractivity (Wildman–Crippen MR) is 69.9 cm³/mol. The molecule has 0 atom stereocenters. The molecule has 0 aliphatic heterocycles. The molecule has 2 aromatic rings. The van der Waals surface area contributed by atoms with Gasteiger partial charge in [-0.05, 0) is 15.9 Å². The number of amides is 1. The molecule has 7 nitrogen and oxygen atoms in total. The zero-order chi connectivity index (χ0) is 13.1. The quantitative estimate of drug-likeness (QED) is 0.854. The summed E-state index contributed by atoms with van der Waals surface area (Å²) in [7, 11) is 1.72. The molecule has 1 amide bonds. The predicted octanol–water partition coefficient (Wildman–Crippen LogP) is 0.391. The molecule has 96 valence electrons. The van der Waals surface area contributed by atoms with Crippen molar-refractivity contribution in [1.82, 2.24) is 24.9 Å². The number of nitrogens with one attached hydrogen (secondary N) is 1. The number of carbonyl (C=O) groups excluding carboxylic acids is 1. The van der Waals surface area contributed by atoms with Crippen LogP contribution in [0.2, 0.25) is 0 Å². The Morgan fingerprint density at radius 3 is 2.89 bits per heavy atom. The highest BCUT2D eigenvalue weighted by atomic mass is 79.9. The van der Waals surface area contributed by atoms with E-state index in [0.29, 0.717) is 18.8 Å². The van der Waals surface area contributed by atoms with Crippen molar-refractivity contribution in [3.8, 4) is 0 Å². The molecule has 0 saturated carbocycles. The first-order chi connectivity index (χ1) is 8.56. The Labute approximate surface area is 112 Å². The number of aryl methyl sites for hydroxylation is 1. The van der Waals surface area contributed by atoms with Crippen LogP contribution >= 0.6 is 15.9 Å². The van der Waals surface area contributed by atoms with Gasteiger partial charge in [0, 0.05) is 26.0 Å². The molecule has 2 aromatic heterocycles. The molecule has 0 saturated heterocycles. The molecule has 0 bridgehead atoms. The molecule has 0 aliphatic rings. The summed E-state index contributed by atoms with van der Waals surface area (Å²) < 4.78 is 4.14. The number of hydrogen-bond acceptors (Lipinski definition) is 4. The number of nitrogen functional groups attached to an aromatic ring is 1. The molecule has 2 heterocycles. The summed E-state index contributed by atoms with van der Waals surface area (Å²) in [6.45, 7) is 1.05. The molecule has 0 fully saturated rings. The standard InChI is InChI=1S/C10H13BrN6O/c1-16-6-8(12)9(15-16)10(18)13-2-3-17-5-7(11)4-14-17/h4-6H,2-3,12H2,1H3,(H,13,18). The van der Waals surface area contributed by atoms with Gasteiger partial charge in [-0.15, -0.1) is 0 Å². The van der Waals surface area contributed by atoms with E-state index in [1.54, 1.807) is 24.1 Å². The zero-order valence-corrected chi connectivity index (χ0v) is 11.4. The van der Waals surface area contributed by atoms with E-state index < -0.39 is 0 Å². The van der Waals surface area contributed by atoms with Gasteiger partial charge in [0.2, 0.25) is 0 Å². The zero-order valence-electron chi connectivity index (χ0n) is 9.80. The van der Waals surface area contributed by atoms with Crippen molar-refractivity contribution in [2.75, 3.05) is 12.3 Å². The number of anilines is 1. The van der Waals surface area contributed by atoms with Crippen molar-refractivity contribution in [3.63, 3.8) is 0 Å². The van der Waals surface area contributed by atoms with E-state index in [1.165, 1.54) is 4.68 Å². The molecule has 0 aliphatic carbocycles. The highest BCUT2D eigenvalue weighted by Crippen LogP contribution is 2.07. The van der Waals surface area contributed by atoms with Crippen LogP contribution in [0.1, 0.15) is 10.5 Å². The fourth-order valence-electron chi connectivity index (χ4n) is 1.51. The first-order valence-corrected chi connectivity index (χ1v) is 6.11. The Bertz CT molecular complexity index is 560. The normalized spacial score (nSPS) is 10.6. The van der Waals surface area contributed by atoms with Crippen LogP contribution in [0.3, 0.4) is 0 Å². The van der Waals surface area contributed by atoms with E-state index >= 15 is 0 Å². The second-order valence-electron chi connectivity index (χ2n) is 3.78. The van der Waals surface area contributed by atoms with Gasteiger partial charge in [-0.2, -0.15) is 10.2 Å². The van der Waals surface area contributed by atoms with Crippen molar-refractivity contribution in [2.45, 2.75) is 6.54 Å². The van der Waals surface area contributed by atoms with Crippen LogP contribution in [0.15, 0.2) is 23.1 Å². The largest absolute Gasteiger partial charge is 0.396 e. The van der Waals surface area contributed by atoms with E-state index in [9.17, 15) is 4.79 Å². The third-order valence-electron chi connectivity index (χ3n) is 2.30. The highest BCUT2D eigenvalue weighted by Gasteiger charge is 2.13. The van der Waals surface area contributed by atoms with E-state index in [2.05, 4.69) is 31.4 Å². The minimum absolute atomic E-state index is 0.249. The lowest BCUT2D eigenvalue weighted by Crippen LogP contribution is -2.28. The van der Waals surface area contributed by atoms with Gasteiger partial charge in [0.15, 0.2) is 5.69 Å². The molecule has 0 spiro atoms. The molecule has 0 radical (unpaired) electrons. The van der Waals surface area contributed by atoms with E-state index in [1.807, 2.05) is 6.20 Å². The maximum absolute atomic E-state index is 11.8. The second kappa shape index (κ2) is 5.21. The van der Waals surface area contributed by atoms with Crippen molar-refractivity contribution in [1.29, 1.82) is 0 Å². The smallest absolute Gasteiger partial charge is 0.274 e. The average Bonchev–Trinajstić information content (AvgIpc) is 2.85. The molecule has 0 aromatic carbocycles. The van der Waals surface area contributed by atoms with Crippen LogP contribution in [0.4, 0.5) is 5.69 Å². The summed E-state index contributed by atoms with van der Waals surface area (Å²) in [5, 5.41) is 10.8. The van der Waals surface area contributed by atoms with E-state index in [0.717, 1.165) is 4.47 Å². The molecule has 8 heteroatoms. The SMILES string of the molecule is Cn1cc(N)c(C(=O)NCCn2cc(Br)cn2)n1. The van der Waals surface area contributed by atoms with Crippen LogP contribution in [0.25, 0.3) is 0 Å². The Morgan fingerprint density at radius 1 is 1.56 bits per heavy atom. The van der Waals surface area contributed by atoms with Gasteiger partial charge in [0.1, 0.15) is 0 Å². The van der Waals surface area contributed by atoms with Crippen molar-refractivity contribution >= 4 is 27.5 Å². The fourth-order valence-corrected chi connectivity index (χ4v) is 1.84. The van der Waals surface area contributed by atoms with Crippen LogP contribution in [0.5, 0.6) is 0 Å². The number of nitrogens with zero attached hydrogens (tertiary/aromatic N) is 4. The molecule has 3 N–H and O–H groups in total. The number of halogens is 1. The van der Waals surface area contributed by atoms with E-state index in [4.69, 9.17) is 5.73 Å². The van der Waals surface area contributed by atoms with Crippen molar-refractivity contribution in [2.24, 2.45) is 7.05 Å². The van der Waals surface area contributed by atoms with Crippen molar-refractivity contribution < 1.29 is 4.79 Å². The maximum atomic E-state index is 11.8. The van der Waals surface area contributed by atoms with Gasteiger partial charge >= 0.3 is 0 Å². The Balaban J connectivity index is 1.87. The number of hydrogen-bond donors (Lipinski definition) is 2. The minimum atomic E-state index is -0.278. The van der Waals surface area contributed by atoms with Gasteiger partial charge in [0.25, 0.3) is 5.91 Å². The van der Waals surface area contributed by atoms with Crippen LogP contribution in [-0.4, -0.2) is 32.0 Å². The monoisotopic (exact) mass is 312 g/mol. The Kier molecular flexibility index (Phi) is 3.66. The molecule has 0 unspecified atom stereocenters. The molecular weight excluding hydrogens is 300 g/mol. The van der Waals surface area contributed by atoms with Crippen LogP contribution < -0.4 is 11.1 Å². The first-order valence-electron chi connectivity index (χ1n) is 5.31. The third-order valence-corrected chi connectivity index (χ3v) is 2.71. The molecule has 18 heavy (non-hydrogen) atoms. The maximum Gasteiger partial charge on any atom is 0.274 e. The van der Waals surface area contributed by atoms with Gasteiger partial charge in [-0.3, -0.25) is 14.2 Å². The number of nitrogens with two attached hydrogens (primary N) is 1. The summed E-state index contributed by atoms with van der Waals surface area (Å²) in [6.07, 6.45) is 5.12. The average molecular weight is 313 g/mol. The van der Waals surface area contributed by atoms with Gasteiger partial charge < -0.3 is 11.1 Å². The summed E-state index contributed by atoms with van der Waals surface area (Å²) >= 11 is 3.30. The molecular formula is C10H13BrN6O. The summed E-state index contributed by atoms with van der Waals surface area (Å²) in [4.78, 5) is 11.8. The van der Waals surface area contributed by atoms with Gasteiger partial charge in [-0.1, -0.05) is 0 Å². The lowest BCUT2D eigenvalue weighted by Gasteiger charge is -2.03. The lowest BCUT2D eigenvalue weighted by molar-refractivity contribution is 0.0947. The lowest BCUT2D eigenvalue weighted by atomic mass is 10.3. The summed E-state index contributed by atoms with van der Waals surface area (Å²) in [6, 6.07) is 0. The third kappa shape index (κ3) is 2.89. The van der Waals surface area contributed by atoms with Crippen molar-refractivity contribution in [3.05, 3.63) is 28.8 Å². The van der Waals surface area contributed by atoms with E-state index in [-0.39, 0.29) is 11.6 Å². The highest BCUT2D eigenvalue weighted by molar-refractivity contribution is 9.10. The number of rotatable bonds is 4. The van der Waals surface area contributed by atoms with Gasteiger partial charge in [-0.25, -0.2) is 0 Å². The summed E-state index contributed by atoms with van der Waals surface area (Å²) in [5.74, 6) is -0.278. The fraction of sp³-hybridized carbons (Fsp3) is 0.300.